The second-order valence-corrected chi connectivity index (χ2v) is 8.09. The summed E-state index contributed by atoms with van der Waals surface area (Å²) in [6.45, 7) is 1.54. The molecule has 0 bridgehead atoms. The Kier molecular flexibility index (Phi) is 4.17. The van der Waals surface area contributed by atoms with Crippen molar-refractivity contribution in [2.45, 2.75) is 32.1 Å². The van der Waals surface area contributed by atoms with Gasteiger partial charge in [-0.15, -0.1) is 0 Å². The van der Waals surface area contributed by atoms with Gasteiger partial charge in [0.15, 0.2) is 0 Å². The van der Waals surface area contributed by atoms with Crippen LogP contribution in [-0.2, 0) is 16.2 Å². The number of carboxylic acids is 1. The molecule has 1 amide bonds. The van der Waals surface area contributed by atoms with E-state index in [2.05, 4.69) is 0 Å². The molecule has 6 nitrogen and oxygen atoms in total. The first kappa shape index (κ1) is 18.8. The molecule has 0 unspecified atom stereocenters. The SMILES string of the molecule is C[C@@H](O)[C@H]1C(=O)N2C(C(=O)O)=C(c3ccc4ccc5cc(CO)ccc5c4c3)C[C@H]12. The second-order valence-electron chi connectivity index (χ2n) is 8.09. The van der Waals surface area contributed by atoms with Gasteiger partial charge in [-0.2, -0.15) is 0 Å². The van der Waals surface area contributed by atoms with Gasteiger partial charge >= 0.3 is 5.97 Å². The van der Waals surface area contributed by atoms with Gasteiger partial charge in [0.2, 0.25) is 5.91 Å². The molecule has 3 N–H and O–H groups in total. The quantitative estimate of drug-likeness (QED) is 0.460. The number of rotatable bonds is 4. The van der Waals surface area contributed by atoms with Gasteiger partial charge < -0.3 is 20.2 Å². The number of hydrogen-bond donors (Lipinski definition) is 3. The molecule has 0 spiro atoms. The van der Waals surface area contributed by atoms with Crippen LogP contribution in [0.25, 0.3) is 27.1 Å². The number of carbonyl (C=O) groups is 2. The van der Waals surface area contributed by atoms with Gasteiger partial charge in [-0.05, 0) is 63.7 Å². The number of fused-ring (bicyclic) bond motifs is 4. The van der Waals surface area contributed by atoms with Crippen LogP contribution in [0.5, 0.6) is 0 Å². The van der Waals surface area contributed by atoms with E-state index in [0.717, 1.165) is 32.7 Å². The van der Waals surface area contributed by atoms with Crippen LogP contribution >= 0.6 is 0 Å². The third-order valence-electron chi connectivity index (χ3n) is 6.36. The van der Waals surface area contributed by atoms with E-state index in [1.54, 1.807) is 6.92 Å². The van der Waals surface area contributed by atoms with Crippen molar-refractivity contribution in [3.05, 3.63) is 65.4 Å². The first-order chi connectivity index (χ1) is 14.4. The maximum absolute atomic E-state index is 12.5. The van der Waals surface area contributed by atoms with Crippen LogP contribution in [0.1, 0.15) is 24.5 Å². The summed E-state index contributed by atoms with van der Waals surface area (Å²) < 4.78 is 0. The average molecular weight is 403 g/mol. The molecule has 3 atom stereocenters. The maximum Gasteiger partial charge on any atom is 0.352 e. The molecule has 3 aromatic rings. The van der Waals surface area contributed by atoms with Crippen molar-refractivity contribution >= 4 is 39.0 Å². The maximum atomic E-state index is 12.5. The molecule has 5 rings (SSSR count). The summed E-state index contributed by atoms with van der Waals surface area (Å²) in [5, 5.41) is 33.2. The van der Waals surface area contributed by atoms with Gasteiger partial charge in [-0.25, -0.2) is 4.79 Å². The summed E-state index contributed by atoms with van der Waals surface area (Å²) in [5.41, 5.74) is 2.24. The number of β-lactam (4-membered cyclic amide) rings is 1. The molecule has 0 aliphatic carbocycles. The predicted molar refractivity (Wildman–Crippen MR) is 112 cm³/mol. The van der Waals surface area contributed by atoms with Crippen molar-refractivity contribution in [2.75, 3.05) is 0 Å². The number of aliphatic hydroxyl groups excluding tert-OH is 2. The molecule has 2 aliphatic rings. The fourth-order valence-corrected chi connectivity index (χ4v) is 4.92. The minimum atomic E-state index is -1.13. The number of amides is 1. The third kappa shape index (κ3) is 2.57. The fraction of sp³-hybridized carbons (Fsp3) is 0.250. The highest BCUT2D eigenvalue weighted by molar-refractivity contribution is 6.10. The van der Waals surface area contributed by atoms with Crippen molar-refractivity contribution in [3.63, 3.8) is 0 Å². The van der Waals surface area contributed by atoms with E-state index in [1.807, 2.05) is 48.5 Å². The molecular weight excluding hydrogens is 382 g/mol. The fourth-order valence-electron chi connectivity index (χ4n) is 4.92. The van der Waals surface area contributed by atoms with Crippen LogP contribution in [0.15, 0.2) is 54.2 Å². The minimum absolute atomic E-state index is 0.0176. The molecule has 6 heteroatoms. The number of carbonyl (C=O) groups excluding carboxylic acids is 1. The Morgan fingerprint density at radius 1 is 1.10 bits per heavy atom. The van der Waals surface area contributed by atoms with Gasteiger partial charge in [0, 0.05) is 0 Å². The Morgan fingerprint density at radius 2 is 1.83 bits per heavy atom. The highest BCUT2D eigenvalue weighted by Crippen LogP contribution is 2.47. The number of nitrogens with zero attached hydrogens (tertiary/aromatic N) is 1. The Morgan fingerprint density at radius 3 is 2.53 bits per heavy atom. The highest BCUT2D eigenvalue weighted by Gasteiger charge is 2.56. The lowest BCUT2D eigenvalue weighted by Crippen LogP contribution is -2.61. The van der Waals surface area contributed by atoms with Gasteiger partial charge in [-0.1, -0.05) is 36.4 Å². The lowest BCUT2D eigenvalue weighted by Gasteiger charge is -2.44. The average Bonchev–Trinajstić information content (AvgIpc) is 3.07. The second kappa shape index (κ2) is 6.65. The molecule has 152 valence electrons. The zero-order valence-electron chi connectivity index (χ0n) is 16.4. The summed E-state index contributed by atoms with van der Waals surface area (Å²) in [6.07, 6.45) is -0.400. The molecule has 1 fully saturated rings. The van der Waals surface area contributed by atoms with Crippen LogP contribution in [0.2, 0.25) is 0 Å². The molecule has 0 saturated carbocycles. The van der Waals surface area contributed by atoms with E-state index in [-0.39, 0.29) is 24.3 Å². The zero-order valence-corrected chi connectivity index (χ0v) is 16.4. The van der Waals surface area contributed by atoms with Gasteiger partial charge in [0.25, 0.3) is 0 Å². The molecule has 30 heavy (non-hydrogen) atoms. The first-order valence-electron chi connectivity index (χ1n) is 9.95. The minimum Gasteiger partial charge on any atom is -0.477 e. The van der Waals surface area contributed by atoms with Crippen molar-refractivity contribution in [1.29, 1.82) is 0 Å². The van der Waals surface area contributed by atoms with Crippen molar-refractivity contribution in [1.82, 2.24) is 4.90 Å². The molecular formula is C24H21NO5. The third-order valence-corrected chi connectivity index (χ3v) is 6.36. The van der Waals surface area contributed by atoms with Gasteiger partial charge in [-0.3, -0.25) is 4.79 Å². The summed E-state index contributed by atoms with van der Waals surface area (Å²) in [4.78, 5) is 25.8. The van der Waals surface area contributed by atoms with Gasteiger partial charge in [0.05, 0.1) is 24.7 Å². The highest BCUT2D eigenvalue weighted by atomic mass is 16.4. The lowest BCUT2D eigenvalue weighted by atomic mass is 9.82. The Bertz CT molecular complexity index is 1260. The van der Waals surface area contributed by atoms with Crippen LogP contribution in [0, 0.1) is 5.92 Å². The van der Waals surface area contributed by atoms with Crippen molar-refractivity contribution in [3.8, 4) is 0 Å². The zero-order chi connectivity index (χ0) is 21.2. The number of benzene rings is 3. The molecule has 0 radical (unpaired) electrons. The smallest absolute Gasteiger partial charge is 0.352 e. The summed E-state index contributed by atoms with van der Waals surface area (Å²) in [6, 6.07) is 15.3. The van der Waals surface area contributed by atoms with Crippen molar-refractivity contribution < 1.29 is 24.9 Å². The van der Waals surface area contributed by atoms with Gasteiger partial charge in [0.1, 0.15) is 5.70 Å². The number of aliphatic carboxylic acids is 1. The summed E-state index contributed by atoms with van der Waals surface area (Å²) in [5.74, 6) is -2.02. The van der Waals surface area contributed by atoms with Crippen LogP contribution in [-0.4, -0.2) is 44.2 Å². The van der Waals surface area contributed by atoms with Crippen molar-refractivity contribution in [2.24, 2.45) is 5.92 Å². The Hall–Kier alpha value is -3.22. The van der Waals surface area contributed by atoms with E-state index in [1.165, 1.54) is 4.90 Å². The largest absolute Gasteiger partial charge is 0.477 e. The van der Waals surface area contributed by atoms with E-state index < -0.39 is 18.0 Å². The standard InChI is InChI=1S/C24H21NO5/c1-12(27)21-20-10-19(22(24(29)30)25(20)23(21)28)16-6-4-14-3-5-15-8-13(11-26)2-7-17(15)18(14)9-16/h2-9,12,20-21,26-27H,10-11H2,1H3,(H,29,30)/t12-,20-,21-/m1/s1. The van der Waals surface area contributed by atoms with Crippen LogP contribution in [0.3, 0.4) is 0 Å². The monoisotopic (exact) mass is 403 g/mol. The van der Waals surface area contributed by atoms with E-state index >= 15 is 0 Å². The normalized spacial score (nSPS) is 21.8. The number of carboxylic acid groups (broad SMARTS) is 1. The Balaban J connectivity index is 1.66. The van der Waals surface area contributed by atoms with E-state index in [0.29, 0.717) is 12.0 Å². The van der Waals surface area contributed by atoms with E-state index in [9.17, 15) is 24.9 Å². The topological polar surface area (TPSA) is 98.1 Å². The van der Waals surface area contributed by atoms with Crippen LogP contribution < -0.4 is 0 Å². The first-order valence-corrected chi connectivity index (χ1v) is 9.95. The molecule has 2 heterocycles. The number of aliphatic hydroxyl groups is 2. The lowest BCUT2D eigenvalue weighted by molar-refractivity contribution is -0.161. The Labute approximate surface area is 172 Å². The molecule has 1 saturated heterocycles. The molecule has 2 aliphatic heterocycles. The predicted octanol–water partition coefficient (Wildman–Crippen LogP) is 2.89. The van der Waals surface area contributed by atoms with Crippen LogP contribution in [0.4, 0.5) is 0 Å². The van der Waals surface area contributed by atoms with E-state index in [4.69, 9.17) is 0 Å². The molecule has 3 aromatic carbocycles. The molecule has 0 aromatic heterocycles. The number of hydrogen-bond acceptors (Lipinski definition) is 4. The summed E-state index contributed by atoms with van der Waals surface area (Å²) >= 11 is 0. The summed E-state index contributed by atoms with van der Waals surface area (Å²) in [7, 11) is 0.